The van der Waals surface area contributed by atoms with Gasteiger partial charge in [0, 0.05) is 25.3 Å². The molecule has 1 aromatic carbocycles. The molecule has 0 saturated carbocycles. The third-order valence-corrected chi connectivity index (χ3v) is 5.50. The van der Waals surface area contributed by atoms with Crippen LogP contribution in [0.25, 0.3) is 0 Å². The summed E-state index contributed by atoms with van der Waals surface area (Å²) in [5, 5.41) is 0. The summed E-state index contributed by atoms with van der Waals surface area (Å²) in [6, 6.07) is 13.0. The lowest BCUT2D eigenvalue weighted by Gasteiger charge is -2.32. The minimum Gasteiger partial charge on any atom is -0.381 e. The molecule has 0 amide bonds. The Bertz CT molecular complexity index is 662. The number of ether oxygens (including phenoxy) is 1. The molecule has 0 radical (unpaired) electrons. The lowest BCUT2D eigenvalue weighted by molar-refractivity contribution is 0.0779. The van der Waals surface area contributed by atoms with Gasteiger partial charge in [-0.1, -0.05) is 30.3 Å². The van der Waals surface area contributed by atoms with Crippen LogP contribution >= 0.6 is 0 Å². The van der Waals surface area contributed by atoms with Crippen LogP contribution in [0.4, 0.5) is 0 Å². The molecular formula is C21H27N3O. The molecular weight excluding hydrogens is 310 g/mol. The van der Waals surface area contributed by atoms with Crippen molar-refractivity contribution in [1.29, 1.82) is 0 Å². The summed E-state index contributed by atoms with van der Waals surface area (Å²) in [4.78, 5) is 11.9. The van der Waals surface area contributed by atoms with Crippen molar-refractivity contribution in [3.63, 3.8) is 0 Å². The van der Waals surface area contributed by atoms with E-state index in [0.29, 0.717) is 11.8 Å². The highest BCUT2D eigenvalue weighted by Gasteiger charge is 2.22. The van der Waals surface area contributed by atoms with Gasteiger partial charge in [-0.15, -0.1) is 0 Å². The molecule has 3 heterocycles. The molecule has 132 valence electrons. The number of nitrogens with zero attached hydrogens (tertiary/aromatic N) is 3. The van der Waals surface area contributed by atoms with Crippen molar-refractivity contribution < 1.29 is 4.74 Å². The van der Waals surface area contributed by atoms with Crippen LogP contribution < -0.4 is 0 Å². The highest BCUT2D eigenvalue weighted by atomic mass is 16.5. The van der Waals surface area contributed by atoms with Crippen LogP contribution in [0.3, 0.4) is 0 Å². The molecule has 0 aliphatic carbocycles. The summed E-state index contributed by atoms with van der Waals surface area (Å²) in [6.07, 6.45) is 6.65. The second-order valence-electron chi connectivity index (χ2n) is 7.28. The van der Waals surface area contributed by atoms with Crippen LogP contribution in [-0.2, 0) is 11.3 Å². The van der Waals surface area contributed by atoms with Crippen molar-refractivity contribution in [2.75, 3.05) is 26.3 Å². The maximum Gasteiger partial charge on any atom is 0.133 e. The van der Waals surface area contributed by atoms with Gasteiger partial charge in [-0.25, -0.2) is 9.97 Å². The van der Waals surface area contributed by atoms with Crippen LogP contribution in [0.5, 0.6) is 0 Å². The minimum absolute atomic E-state index is 0.373. The van der Waals surface area contributed by atoms with Crippen molar-refractivity contribution in [3.8, 4) is 0 Å². The highest BCUT2D eigenvalue weighted by Crippen LogP contribution is 2.28. The normalized spacial score (nSPS) is 22.8. The molecule has 0 bridgehead atoms. The Balaban J connectivity index is 1.34. The fourth-order valence-corrected chi connectivity index (χ4v) is 4.02. The van der Waals surface area contributed by atoms with Gasteiger partial charge >= 0.3 is 0 Å². The van der Waals surface area contributed by atoms with Gasteiger partial charge in [-0.05, 0) is 56.3 Å². The zero-order valence-electron chi connectivity index (χ0n) is 14.8. The Morgan fingerprint density at radius 3 is 2.60 bits per heavy atom. The Morgan fingerprint density at radius 1 is 1.00 bits per heavy atom. The molecule has 2 fully saturated rings. The Labute approximate surface area is 150 Å². The molecule has 4 nitrogen and oxygen atoms in total. The van der Waals surface area contributed by atoms with Gasteiger partial charge in [0.05, 0.1) is 12.3 Å². The first-order valence-corrected chi connectivity index (χ1v) is 9.55. The van der Waals surface area contributed by atoms with E-state index in [1.165, 1.54) is 18.4 Å². The molecule has 4 rings (SSSR count). The first-order chi connectivity index (χ1) is 12.4. The van der Waals surface area contributed by atoms with E-state index in [-0.39, 0.29) is 0 Å². The van der Waals surface area contributed by atoms with Gasteiger partial charge in [0.2, 0.25) is 0 Å². The van der Waals surface area contributed by atoms with Gasteiger partial charge in [0.1, 0.15) is 5.82 Å². The topological polar surface area (TPSA) is 38.2 Å². The molecule has 2 saturated heterocycles. The number of aromatic nitrogens is 2. The molecule has 1 aromatic heterocycles. The summed E-state index contributed by atoms with van der Waals surface area (Å²) in [5.74, 6) is 2.05. The van der Waals surface area contributed by atoms with E-state index in [0.717, 1.165) is 57.2 Å². The Hall–Kier alpha value is -1.78. The summed E-state index contributed by atoms with van der Waals surface area (Å²) < 4.78 is 5.59. The monoisotopic (exact) mass is 337 g/mol. The third kappa shape index (κ3) is 4.25. The zero-order chi connectivity index (χ0) is 16.9. The molecule has 2 aromatic rings. The van der Waals surface area contributed by atoms with Crippen LogP contribution in [-0.4, -0.2) is 41.2 Å². The smallest absolute Gasteiger partial charge is 0.133 e. The van der Waals surface area contributed by atoms with E-state index in [1.807, 2.05) is 6.20 Å². The lowest BCUT2D eigenvalue weighted by Crippen LogP contribution is -2.33. The predicted octanol–water partition coefficient (Wildman–Crippen LogP) is 3.75. The molecule has 25 heavy (non-hydrogen) atoms. The lowest BCUT2D eigenvalue weighted by atomic mass is 9.89. The molecule has 2 aliphatic rings. The fraction of sp³-hybridized carbons (Fsp3) is 0.524. The SMILES string of the molecule is c1ccc(C2CCN(Cc3ccnc([C@@H]4CCCOC4)n3)CC2)cc1. The van der Waals surface area contributed by atoms with Crippen LogP contribution in [0.2, 0.25) is 0 Å². The van der Waals surface area contributed by atoms with Gasteiger partial charge in [-0.2, -0.15) is 0 Å². The average molecular weight is 337 g/mol. The van der Waals surface area contributed by atoms with Crippen LogP contribution in [0, 0.1) is 0 Å². The van der Waals surface area contributed by atoms with Crippen LogP contribution in [0.15, 0.2) is 42.6 Å². The molecule has 1 atom stereocenters. The Morgan fingerprint density at radius 2 is 1.84 bits per heavy atom. The summed E-state index contributed by atoms with van der Waals surface area (Å²) in [7, 11) is 0. The van der Waals surface area contributed by atoms with E-state index in [4.69, 9.17) is 9.72 Å². The second kappa shape index (κ2) is 8.07. The van der Waals surface area contributed by atoms with Crippen molar-refractivity contribution in [2.45, 2.75) is 44.1 Å². The van der Waals surface area contributed by atoms with E-state index in [1.54, 1.807) is 0 Å². The highest BCUT2D eigenvalue weighted by molar-refractivity contribution is 5.20. The van der Waals surface area contributed by atoms with E-state index in [2.05, 4.69) is 46.3 Å². The van der Waals surface area contributed by atoms with Crippen molar-refractivity contribution in [2.24, 2.45) is 0 Å². The maximum absolute atomic E-state index is 5.59. The fourth-order valence-electron chi connectivity index (χ4n) is 4.02. The molecule has 0 N–H and O–H groups in total. The van der Waals surface area contributed by atoms with Gasteiger partial charge in [0.15, 0.2) is 0 Å². The third-order valence-electron chi connectivity index (χ3n) is 5.50. The van der Waals surface area contributed by atoms with Crippen molar-refractivity contribution in [3.05, 3.63) is 59.7 Å². The summed E-state index contributed by atoms with van der Waals surface area (Å²) >= 11 is 0. The second-order valence-corrected chi connectivity index (χ2v) is 7.28. The van der Waals surface area contributed by atoms with E-state index < -0.39 is 0 Å². The number of hydrogen-bond acceptors (Lipinski definition) is 4. The number of hydrogen-bond donors (Lipinski definition) is 0. The average Bonchev–Trinajstić information content (AvgIpc) is 2.70. The molecule has 0 unspecified atom stereocenters. The standard InChI is InChI=1S/C21H27N3O/c1-2-5-17(6-3-1)18-9-12-24(13-10-18)15-20-8-11-22-21(23-20)19-7-4-14-25-16-19/h1-3,5-6,8,11,18-19H,4,7,9-10,12-16H2/t19-/m1/s1. The first kappa shape index (κ1) is 16.7. The number of benzene rings is 1. The molecule has 4 heteroatoms. The maximum atomic E-state index is 5.59. The summed E-state index contributed by atoms with van der Waals surface area (Å²) in [6.45, 7) is 4.87. The van der Waals surface area contributed by atoms with Gasteiger partial charge in [-0.3, -0.25) is 4.90 Å². The number of piperidine rings is 1. The van der Waals surface area contributed by atoms with Crippen LogP contribution in [0.1, 0.15) is 54.6 Å². The minimum atomic E-state index is 0.373. The predicted molar refractivity (Wildman–Crippen MR) is 98.5 cm³/mol. The quantitative estimate of drug-likeness (QED) is 0.852. The molecule has 0 spiro atoms. The molecule has 2 aliphatic heterocycles. The Kier molecular flexibility index (Phi) is 5.38. The van der Waals surface area contributed by atoms with E-state index >= 15 is 0 Å². The van der Waals surface area contributed by atoms with Crippen molar-refractivity contribution in [1.82, 2.24) is 14.9 Å². The largest absolute Gasteiger partial charge is 0.381 e. The first-order valence-electron chi connectivity index (χ1n) is 9.55. The zero-order valence-corrected chi connectivity index (χ0v) is 14.8. The van der Waals surface area contributed by atoms with Gasteiger partial charge < -0.3 is 4.74 Å². The summed E-state index contributed by atoms with van der Waals surface area (Å²) in [5.41, 5.74) is 2.64. The van der Waals surface area contributed by atoms with E-state index in [9.17, 15) is 0 Å². The van der Waals surface area contributed by atoms with Crippen molar-refractivity contribution >= 4 is 0 Å². The van der Waals surface area contributed by atoms with Gasteiger partial charge in [0.25, 0.3) is 0 Å². The number of likely N-dealkylation sites (tertiary alicyclic amines) is 1. The number of rotatable bonds is 4.